The van der Waals surface area contributed by atoms with Gasteiger partial charge in [0, 0.05) is 12.1 Å². The number of amides is 1. The van der Waals surface area contributed by atoms with Gasteiger partial charge >= 0.3 is 0 Å². The predicted octanol–water partition coefficient (Wildman–Crippen LogP) is 3.80. The summed E-state index contributed by atoms with van der Waals surface area (Å²) in [7, 11) is 0. The van der Waals surface area contributed by atoms with E-state index < -0.39 is 5.91 Å². The van der Waals surface area contributed by atoms with E-state index in [-0.39, 0.29) is 17.8 Å². The third kappa shape index (κ3) is 5.85. The topological polar surface area (TPSA) is 128 Å². The van der Waals surface area contributed by atoms with Gasteiger partial charge in [0.05, 0.1) is 29.9 Å². The third-order valence-corrected chi connectivity index (χ3v) is 5.63. The van der Waals surface area contributed by atoms with Gasteiger partial charge in [-0.2, -0.15) is 0 Å². The summed E-state index contributed by atoms with van der Waals surface area (Å²) in [4.78, 5) is 20.8. The number of primary amides is 1. The monoisotopic (exact) mass is 426 g/mol. The zero-order chi connectivity index (χ0) is 22.4. The summed E-state index contributed by atoms with van der Waals surface area (Å²) in [5.41, 5.74) is 15.0. The molecule has 1 aliphatic carbocycles. The van der Waals surface area contributed by atoms with Gasteiger partial charge in [-0.25, -0.2) is 9.97 Å². The van der Waals surface area contributed by atoms with Gasteiger partial charge in [0.25, 0.3) is 5.91 Å². The molecule has 8 nitrogen and oxygen atoms in total. The molecule has 3 rings (SSSR count). The van der Waals surface area contributed by atoms with E-state index in [9.17, 15) is 4.79 Å². The minimum absolute atomic E-state index is 0.105. The number of hydrogen-bond acceptors (Lipinski definition) is 7. The van der Waals surface area contributed by atoms with E-state index >= 15 is 0 Å². The molecule has 2 aromatic rings. The maximum Gasteiger partial charge on any atom is 0.269 e. The molecule has 2 aromatic heterocycles. The van der Waals surface area contributed by atoms with Crippen LogP contribution in [0.4, 0.5) is 17.2 Å². The highest BCUT2D eigenvalue weighted by atomic mass is 16.5. The lowest BCUT2D eigenvalue weighted by Crippen LogP contribution is -2.42. The second-order valence-corrected chi connectivity index (χ2v) is 8.25. The van der Waals surface area contributed by atoms with Crippen LogP contribution in [0.2, 0.25) is 0 Å². The van der Waals surface area contributed by atoms with E-state index in [1.807, 2.05) is 26.0 Å². The van der Waals surface area contributed by atoms with Crippen molar-refractivity contribution in [2.24, 2.45) is 11.5 Å². The van der Waals surface area contributed by atoms with E-state index in [0.717, 1.165) is 61.2 Å². The highest BCUT2D eigenvalue weighted by Gasteiger charge is 2.22. The molecule has 1 saturated carbocycles. The fraction of sp³-hybridized carbons (Fsp3) is 0.522. The van der Waals surface area contributed by atoms with Crippen LogP contribution in [0, 0.1) is 13.8 Å². The molecule has 1 amide bonds. The SMILES string of the molecule is CCCCOc1c(C)cc(Nc2cc(N[C@@H]3CCCC[C@@H]3N)cnc2C(N)=O)nc1C. The molecule has 0 unspecified atom stereocenters. The molecule has 0 bridgehead atoms. The Bertz CT molecular complexity index is 894. The number of unbranched alkanes of at least 4 members (excludes halogenated alkanes) is 1. The van der Waals surface area contributed by atoms with E-state index in [1.165, 1.54) is 0 Å². The molecule has 0 spiro atoms. The van der Waals surface area contributed by atoms with Crippen LogP contribution < -0.4 is 26.8 Å². The molecule has 0 aliphatic heterocycles. The van der Waals surface area contributed by atoms with Gasteiger partial charge in [-0.3, -0.25) is 4.79 Å². The lowest BCUT2D eigenvalue weighted by atomic mass is 9.91. The fourth-order valence-corrected chi connectivity index (χ4v) is 3.95. The number of aromatic nitrogens is 2. The Morgan fingerprint density at radius 2 is 2.03 bits per heavy atom. The van der Waals surface area contributed by atoms with Gasteiger partial charge in [0.1, 0.15) is 11.6 Å². The molecule has 1 aliphatic rings. The van der Waals surface area contributed by atoms with Gasteiger partial charge in [0.15, 0.2) is 5.69 Å². The van der Waals surface area contributed by atoms with Crippen LogP contribution in [-0.2, 0) is 0 Å². The van der Waals surface area contributed by atoms with Crippen molar-refractivity contribution in [3.05, 3.63) is 35.3 Å². The molecule has 168 valence electrons. The maximum atomic E-state index is 11.9. The number of anilines is 3. The number of nitrogens with one attached hydrogen (secondary N) is 2. The summed E-state index contributed by atoms with van der Waals surface area (Å²) in [5.74, 6) is 0.805. The first-order valence-electron chi connectivity index (χ1n) is 11.1. The molecule has 1 fully saturated rings. The third-order valence-electron chi connectivity index (χ3n) is 5.63. The summed E-state index contributed by atoms with van der Waals surface area (Å²) in [6, 6.07) is 4.03. The number of carbonyl (C=O) groups is 1. The zero-order valence-electron chi connectivity index (χ0n) is 18.7. The summed E-state index contributed by atoms with van der Waals surface area (Å²) < 4.78 is 5.89. The van der Waals surface area contributed by atoms with Crippen LogP contribution in [0.1, 0.15) is 67.2 Å². The lowest BCUT2D eigenvalue weighted by molar-refractivity contribution is 0.0996. The average Bonchev–Trinajstić information content (AvgIpc) is 2.72. The molecular formula is C23H34N6O2. The summed E-state index contributed by atoms with van der Waals surface area (Å²) >= 11 is 0. The second kappa shape index (κ2) is 10.4. The average molecular weight is 427 g/mol. The standard InChI is InChI=1S/C23H34N6O2/c1-4-5-10-31-22-14(2)11-20(27-15(22)3)29-19-12-16(13-26-21(19)23(25)30)28-18-9-7-6-8-17(18)24/h11-13,17-18,28H,4-10,24H2,1-3H3,(H2,25,30)(H,27,29)/t17-,18+/m0/s1. The molecule has 0 aromatic carbocycles. The van der Waals surface area contributed by atoms with Crippen molar-refractivity contribution in [2.45, 2.75) is 71.4 Å². The van der Waals surface area contributed by atoms with E-state index in [4.69, 9.17) is 16.2 Å². The lowest BCUT2D eigenvalue weighted by Gasteiger charge is -2.30. The zero-order valence-corrected chi connectivity index (χ0v) is 18.7. The Balaban J connectivity index is 1.83. The summed E-state index contributed by atoms with van der Waals surface area (Å²) in [6.45, 7) is 6.69. The van der Waals surface area contributed by atoms with Crippen LogP contribution in [0.15, 0.2) is 18.3 Å². The van der Waals surface area contributed by atoms with Crippen molar-refractivity contribution >= 4 is 23.1 Å². The number of ether oxygens (including phenoxy) is 1. The summed E-state index contributed by atoms with van der Waals surface area (Å²) in [5, 5.41) is 6.68. The largest absolute Gasteiger partial charge is 0.491 e. The normalized spacial score (nSPS) is 18.5. The Hall–Kier alpha value is -2.87. The number of nitrogens with two attached hydrogens (primary N) is 2. The second-order valence-electron chi connectivity index (χ2n) is 8.25. The van der Waals surface area contributed by atoms with Crippen LogP contribution in [-0.4, -0.2) is 34.6 Å². The van der Waals surface area contributed by atoms with Crippen molar-refractivity contribution in [2.75, 3.05) is 17.2 Å². The predicted molar refractivity (Wildman–Crippen MR) is 124 cm³/mol. The van der Waals surface area contributed by atoms with Crippen molar-refractivity contribution in [3.63, 3.8) is 0 Å². The smallest absolute Gasteiger partial charge is 0.269 e. The van der Waals surface area contributed by atoms with Gasteiger partial charge in [0.2, 0.25) is 0 Å². The van der Waals surface area contributed by atoms with Gasteiger partial charge in [-0.15, -0.1) is 0 Å². The minimum atomic E-state index is -0.601. The van der Waals surface area contributed by atoms with Gasteiger partial charge in [-0.1, -0.05) is 26.2 Å². The minimum Gasteiger partial charge on any atom is -0.491 e. The molecular weight excluding hydrogens is 392 g/mol. The summed E-state index contributed by atoms with van der Waals surface area (Å²) in [6.07, 6.45) is 8.03. The number of rotatable bonds is 9. The van der Waals surface area contributed by atoms with Crippen molar-refractivity contribution in [3.8, 4) is 5.75 Å². The van der Waals surface area contributed by atoms with Crippen LogP contribution in [0.25, 0.3) is 0 Å². The molecule has 0 radical (unpaired) electrons. The molecule has 6 N–H and O–H groups in total. The Labute approximate surface area is 184 Å². The number of aryl methyl sites for hydroxylation is 2. The molecule has 2 atom stereocenters. The fourth-order valence-electron chi connectivity index (χ4n) is 3.95. The Morgan fingerprint density at radius 3 is 2.71 bits per heavy atom. The quantitative estimate of drug-likeness (QED) is 0.449. The molecule has 0 saturated heterocycles. The number of carbonyl (C=O) groups excluding carboxylic acids is 1. The van der Waals surface area contributed by atoms with Gasteiger partial charge in [-0.05, 0) is 50.8 Å². The first-order chi connectivity index (χ1) is 14.9. The van der Waals surface area contributed by atoms with Crippen molar-refractivity contribution in [1.29, 1.82) is 0 Å². The maximum absolute atomic E-state index is 11.9. The highest BCUT2D eigenvalue weighted by Crippen LogP contribution is 2.29. The highest BCUT2D eigenvalue weighted by molar-refractivity contribution is 5.97. The first kappa shape index (κ1) is 22.8. The van der Waals surface area contributed by atoms with Crippen molar-refractivity contribution in [1.82, 2.24) is 9.97 Å². The first-order valence-corrected chi connectivity index (χ1v) is 11.1. The van der Waals surface area contributed by atoms with Gasteiger partial charge < -0.3 is 26.8 Å². The number of nitrogens with zero attached hydrogens (tertiary/aromatic N) is 2. The molecule has 31 heavy (non-hydrogen) atoms. The Morgan fingerprint density at radius 1 is 1.26 bits per heavy atom. The number of hydrogen-bond donors (Lipinski definition) is 4. The van der Waals surface area contributed by atoms with Crippen LogP contribution in [0.5, 0.6) is 5.75 Å². The van der Waals surface area contributed by atoms with Crippen molar-refractivity contribution < 1.29 is 9.53 Å². The molecule has 2 heterocycles. The van der Waals surface area contributed by atoms with E-state index in [1.54, 1.807) is 6.20 Å². The Kier molecular flexibility index (Phi) is 7.68. The van der Waals surface area contributed by atoms with E-state index in [0.29, 0.717) is 18.1 Å². The molecule has 8 heteroatoms. The number of pyridine rings is 2. The van der Waals surface area contributed by atoms with Crippen LogP contribution in [0.3, 0.4) is 0 Å². The van der Waals surface area contributed by atoms with E-state index in [2.05, 4.69) is 27.5 Å². The van der Waals surface area contributed by atoms with Crippen LogP contribution >= 0.6 is 0 Å².